The molecule has 4 N–H and O–H groups in total. The number of amides is 2. The Bertz CT molecular complexity index is 1240. The summed E-state index contributed by atoms with van der Waals surface area (Å²) in [6, 6.07) is 0.0611. The number of carbonyl (C=O) groups excluding carboxylic acids is 2. The van der Waals surface area contributed by atoms with Crippen LogP contribution in [0.5, 0.6) is 0 Å². The van der Waals surface area contributed by atoms with Gasteiger partial charge in [-0.25, -0.2) is 4.79 Å². The highest BCUT2D eigenvalue weighted by Crippen LogP contribution is 2.75. The Morgan fingerprint density at radius 1 is 0.857 bits per heavy atom. The summed E-state index contributed by atoms with van der Waals surface area (Å²) in [4.78, 5) is 28.3. The average molecular weight is 689 g/mol. The monoisotopic (exact) mass is 689 g/mol. The van der Waals surface area contributed by atoms with E-state index < -0.39 is 22.9 Å². The highest BCUT2D eigenvalue weighted by Gasteiger charge is 2.71. The average Bonchev–Trinajstić information content (AvgIpc) is 3.35. The Hall–Kier alpha value is -1.38. The number of rotatable bonds is 7. The number of carbonyl (C=O) groups is 2. The van der Waals surface area contributed by atoms with Gasteiger partial charge >= 0.3 is 6.09 Å². The summed E-state index contributed by atoms with van der Waals surface area (Å²) in [5.74, 6) is 0.719. The number of nitrogens with zero attached hydrogens (tertiary/aromatic N) is 1. The fourth-order valence-corrected chi connectivity index (χ4v) is 12.8. The molecule has 5 fully saturated rings. The van der Waals surface area contributed by atoms with Crippen molar-refractivity contribution in [3.05, 3.63) is 0 Å². The Kier molecular flexibility index (Phi) is 10.3. The van der Waals surface area contributed by atoms with E-state index in [1.54, 1.807) is 4.90 Å². The Morgan fingerprint density at radius 3 is 2.14 bits per heavy atom. The molecule has 5 aliphatic rings. The standard InChI is InChI=1S/C41H72N2O6/c1-35(2,3)49-34(46)43-23-12-14-26(25-43)33(45)42-31-17-20-38(8)29(37(31,6)7)16-22-39(9)30(38)24-28(44)32-27(15-21-40(32,39)10)41(11,48)19-13-18-36(4,5)47/h26-32,44,47-48H,12-25H2,1-11H3,(H,42,45)/t26?,27-,28+,29-,30+,31-,32-,38-,39+,40+,41+/m0/s1. The van der Waals surface area contributed by atoms with Crippen molar-refractivity contribution in [1.29, 1.82) is 0 Å². The minimum absolute atomic E-state index is 0.0400. The van der Waals surface area contributed by atoms with E-state index in [4.69, 9.17) is 4.74 Å². The topological polar surface area (TPSA) is 119 Å². The van der Waals surface area contributed by atoms with Crippen LogP contribution >= 0.6 is 0 Å². The third kappa shape index (κ3) is 7.06. The van der Waals surface area contributed by atoms with Crippen molar-refractivity contribution in [3.63, 3.8) is 0 Å². The molecule has 1 saturated heterocycles. The summed E-state index contributed by atoms with van der Waals surface area (Å²) in [6.45, 7) is 24.5. The van der Waals surface area contributed by atoms with Crippen LogP contribution in [0.4, 0.5) is 4.79 Å². The third-order valence-corrected chi connectivity index (χ3v) is 15.5. The van der Waals surface area contributed by atoms with Gasteiger partial charge in [0.15, 0.2) is 0 Å². The van der Waals surface area contributed by atoms with E-state index in [1.807, 2.05) is 41.5 Å². The fourth-order valence-electron chi connectivity index (χ4n) is 12.8. The molecule has 0 aromatic carbocycles. The highest BCUT2D eigenvalue weighted by molar-refractivity contribution is 5.80. The number of aliphatic hydroxyl groups is 3. The van der Waals surface area contributed by atoms with Crippen LogP contribution in [0.1, 0.15) is 153 Å². The first-order chi connectivity index (χ1) is 22.4. The first kappa shape index (κ1) is 38.8. The predicted octanol–water partition coefficient (Wildman–Crippen LogP) is 7.47. The molecule has 5 rings (SSSR count). The van der Waals surface area contributed by atoms with Gasteiger partial charge < -0.3 is 30.3 Å². The number of fused-ring (bicyclic) bond motifs is 5. The lowest BCUT2D eigenvalue weighted by atomic mass is 9.35. The molecule has 0 bridgehead atoms. The van der Waals surface area contributed by atoms with E-state index in [0.717, 1.165) is 64.2 Å². The second-order valence-corrected chi connectivity index (χ2v) is 20.7. The zero-order valence-corrected chi connectivity index (χ0v) is 33.0. The number of ether oxygens (including phenoxy) is 1. The quantitative estimate of drug-likeness (QED) is 0.221. The van der Waals surface area contributed by atoms with E-state index in [2.05, 4.69) is 39.9 Å². The predicted molar refractivity (Wildman–Crippen MR) is 194 cm³/mol. The normalized spacial score (nSPS) is 41.9. The van der Waals surface area contributed by atoms with Crippen LogP contribution in [0, 0.1) is 51.2 Å². The second-order valence-electron chi connectivity index (χ2n) is 20.7. The van der Waals surface area contributed by atoms with Crippen LogP contribution in [-0.4, -0.2) is 74.3 Å². The number of hydrogen-bond acceptors (Lipinski definition) is 6. The molecule has 8 nitrogen and oxygen atoms in total. The van der Waals surface area contributed by atoms with Gasteiger partial charge in [0, 0.05) is 19.1 Å². The van der Waals surface area contributed by atoms with Gasteiger partial charge in [0.25, 0.3) is 0 Å². The van der Waals surface area contributed by atoms with Crippen LogP contribution < -0.4 is 5.32 Å². The van der Waals surface area contributed by atoms with E-state index >= 15 is 0 Å². The van der Waals surface area contributed by atoms with Crippen molar-refractivity contribution in [1.82, 2.24) is 10.2 Å². The molecule has 1 aliphatic heterocycles. The summed E-state index contributed by atoms with van der Waals surface area (Å²) in [5.41, 5.74) is -2.27. The SMILES string of the molecule is CC(C)(O)CCC[C@@](C)(O)[C@H]1CC[C@]2(C)[C@@H]1[C@H](O)C[C@@H]1[C@@]3(C)CC[C@H](NC(=O)C4CCCN(C(=O)OC(C)(C)C)C4)C(C)(C)[C@@H]3CC[C@]12C. The molecule has 0 spiro atoms. The molecule has 4 aliphatic carbocycles. The minimum atomic E-state index is -0.876. The van der Waals surface area contributed by atoms with Crippen molar-refractivity contribution in [2.45, 2.75) is 182 Å². The van der Waals surface area contributed by atoms with Gasteiger partial charge in [0.2, 0.25) is 5.91 Å². The van der Waals surface area contributed by atoms with Gasteiger partial charge in [0.1, 0.15) is 5.60 Å². The molecule has 2 amide bonds. The summed E-state index contributed by atoms with van der Waals surface area (Å²) in [7, 11) is 0. The smallest absolute Gasteiger partial charge is 0.410 e. The number of likely N-dealkylation sites (tertiary alicyclic amines) is 1. The van der Waals surface area contributed by atoms with Gasteiger partial charge in [-0.3, -0.25) is 4.79 Å². The maximum absolute atomic E-state index is 13.8. The van der Waals surface area contributed by atoms with Gasteiger partial charge in [-0.2, -0.15) is 0 Å². The largest absolute Gasteiger partial charge is 0.444 e. The van der Waals surface area contributed by atoms with Crippen LogP contribution in [0.25, 0.3) is 0 Å². The lowest BCUT2D eigenvalue weighted by molar-refractivity contribution is -0.238. The fraction of sp³-hybridized carbons (Fsp3) is 0.951. The third-order valence-electron chi connectivity index (χ3n) is 15.5. The van der Waals surface area contributed by atoms with Crippen molar-refractivity contribution in [3.8, 4) is 0 Å². The summed E-state index contributed by atoms with van der Waals surface area (Å²) in [5, 5.41) is 37.8. The molecular formula is C41H72N2O6. The molecule has 8 heteroatoms. The first-order valence-corrected chi connectivity index (χ1v) is 19.8. The van der Waals surface area contributed by atoms with Crippen LogP contribution in [0.3, 0.4) is 0 Å². The maximum Gasteiger partial charge on any atom is 0.410 e. The molecule has 1 unspecified atom stereocenters. The van der Waals surface area contributed by atoms with Gasteiger partial charge in [0.05, 0.1) is 23.2 Å². The molecule has 1 heterocycles. The van der Waals surface area contributed by atoms with Crippen LogP contribution in [-0.2, 0) is 9.53 Å². The zero-order valence-electron chi connectivity index (χ0n) is 33.0. The van der Waals surface area contributed by atoms with Crippen molar-refractivity contribution >= 4 is 12.0 Å². The van der Waals surface area contributed by atoms with Crippen LogP contribution in [0.15, 0.2) is 0 Å². The molecule has 11 atom stereocenters. The summed E-state index contributed by atoms with van der Waals surface area (Å²) >= 11 is 0. The molecule has 0 aromatic heterocycles. The van der Waals surface area contributed by atoms with E-state index in [0.29, 0.717) is 37.8 Å². The van der Waals surface area contributed by atoms with E-state index in [9.17, 15) is 24.9 Å². The molecule has 0 aromatic rings. The molecule has 282 valence electrons. The Balaban J connectivity index is 1.30. The van der Waals surface area contributed by atoms with Gasteiger partial charge in [-0.15, -0.1) is 0 Å². The summed E-state index contributed by atoms with van der Waals surface area (Å²) < 4.78 is 5.62. The Morgan fingerprint density at radius 2 is 1.51 bits per heavy atom. The molecule has 49 heavy (non-hydrogen) atoms. The van der Waals surface area contributed by atoms with Gasteiger partial charge in [-0.05, 0) is 164 Å². The van der Waals surface area contributed by atoms with E-state index in [1.165, 1.54) is 0 Å². The van der Waals surface area contributed by atoms with Gasteiger partial charge in [-0.1, -0.05) is 34.6 Å². The van der Waals surface area contributed by atoms with Crippen LogP contribution in [0.2, 0.25) is 0 Å². The Labute approximate surface area is 297 Å². The first-order valence-electron chi connectivity index (χ1n) is 19.8. The van der Waals surface area contributed by atoms with Crippen molar-refractivity contribution in [2.75, 3.05) is 13.1 Å². The number of piperidine rings is 1. The summed E-state index contributed by atoms with van der Waals surface area (Å²) in [6.07, 6.45) is 9.72. The molecule has 4 saturated carbocycles. The minimum Gasteiger partial charge on any atom is -0.444 e. The lowest BCUT2D eigenvalue weighted by Gasteiger charge is -2.71. The highest BCUT2D eigenvalue weighted by atomic mass is 16.6. The van der Waals surface area contributed by atoms with Crippen molar-refractivity contribution in [2.24, 2.45) is 51.2 Å². The molecule has 0 radical (unpaired) electrons. The molecular weight excluding hydrogens is 616 g/mol. The van der Waals surface area contributed by atoms with E-state index in [-0.39, 0.29) is 57.5 Å². The number of nitrogens with one attached hydrogen (secondary N) is 1. The van der Waals surface area contributed by atoms with Crippen molar-refractivity contribution < 1.29 is 29.6 Å². The maximum atomic E-state index is 13.8. The number of aliphatic hydroxyl groups excluding tert-OH is 1. The lowest BCUT2D eigenvalue weighted by Crippen LogP contribution is -2.68. The second kappa shape index (κ2) is 12.9. The zero-order chi connectivity index (χ0) is 36.6. The number of hydrogen-bond donors (Lipinski definition) is 4.